The number of hydrogen-bond acceptors (Lipinski definition) is 5. The summed E-state index contributed by atoms with van der Waals surface area (Å²) in [5.74, 6) is -4.03. The number of aliphatic carboxylic acids is 1. The van der Waals surface area contributed by atoms with E-state index in [-0.39, 0.29) is 6.15 Å². The summed E-state index contributed by atoms with van der Waals surface area (Å²) in [6.45, 7) is 0. The fourth-order valence-corrected chi connectivity index (χ4v) is 0.441. The maximum Gasteiger partial charge on any atom is 0.527 e. The zero-order valence-electron chi connectivity index (χ0n) is 5.13. The number of rotatable bonds is 1. The fraction of sp³-hybridized carbons (Fsp3) is 0. The predicted octanol–water partition coefficient (Wildman–Crippen LogP) is -1.13. The molecule has 0 saturated carbocycles. The second-order valence-corrected chi connectivity index (χ2v) is 2.34. The molecule has 0 fully saturated rings. The minimum atomic E-state index is -5.01. The third kappa shape index (κ3) is 6.94. The minimum absolute atomic E-state index is 0. The summed E-state index contributed by atoms with van der Waals surface area (Å²) in [5, 5.41) is 7.73. The second kappa shape index (κ2) is 4.04. The zero-order chi connectivity index (χ0) is 8.36. The quantitative estimate of drug-likeness (QED) is 0.296. The zero-order valence-corrected chi connectivity index (χ0v) is 6.02. The van der Waals surface area contributed by atoms with Crippen molar-refractivity contribution in [2.75, 3.05) is 0 Å². The van der Waals surface area contributed by atoms with Gasteiger partial charge in [-0.15, -0.1) is 0 Å². The minimum Gasteiger partial charge on any atom is -0.473 e. The molecule has 0 rings (SSSR count). The highest BCUT2D eigenvalue weighted by atomic mass is 31.2. The third-order valence-electron chi connectivity index (χ3n) is 0.376. The lowest BCUT2D eigenvalue weighted by Gasteiger charge is -1.99. The summed E-state index contributed by atoms with van der Waals surface area (Å²) in [7, 11) is -5.01. The molecule has 0 atom stereocenters. The van der Waals surface area contributed by atoms with Gasteiger partial charge >= 0.3 is 19.8 Å². The second-order valence-electron chi connectivity index (χ2n) is 1.17. The van der Waals surface area contributed by atoms with Crippen LogP contribution in [0, 0.1) is 0 Å². The van der Waals surface area contributed by atoms with Crippen molar-refractivity contribution in [2.45, 2.75) is 0 Å². The van der Waals surface area contributed by atoms with Gasteiger partial charge < -0.3 is 15.8 Å². The van der Waals surface area contributed by atoms with Crippen molar-refractivity contribution in [1.82, 2.24) is 6.15 Å². The number of carbonyl (C=O) groups is 2. The molecule has 8 nitrogen and oxygen atoms in total. The molecule has 6 N–H and O–H groups in total. The molecule has 0 aliphatic carbocycles. The van der Waals surface area contributed by atoms with Crippen LogP contribution in [0.2, 0.25) is 0 Å². The SMILES string of the molecule is N.O=C(O)C(=O)OP(=O)(O)O. The van der Waals surface area contributed by atoms with Crippen LogP contribution in [0.4, 0.5) is 0 Å². The van der Waals surface area contributed by atoms with Crippen LogP contribution >= 0.6 is 7.82 Å². The molecular formula is C2H6NO7P. The molecule has 0 aromatic rings. The van der Waals surface area contributed by atoms with Crippen LogP contribution in [0.15, 0.2) is 0 Å². The van der Waals surface area contributed by atoms with Crippen LogP contribution in [0.5, 0.6) is 0 Å². The molecule has 0 heterocycles. The average molecular weight is 187 g/mol. The number of hydrogen-bond donors (Lipinski definition) is 4. The van der Waals surface area contributed by atoms with E-state index < -0.39 is 19.8 Å². The van der Waals surface area contributed by atoms with E-state index in [1.807, 2.05) is 0 Å². The van der Waals surface area contributed by atoms with Gasteiger partial charge in [0.15, 0.2) is 0 Å². The summed E-state index contributed by atoms with van der Waals surface area (Å²) in [4.78, 5) is 35.1. The van der Waals surface area contributed by atoms with Crippen LogP contribution in [0.3, 0.4) is 0 Å². The maximum absolute atomic E-state index is 9.84. The summed E-state index contributed by atoms with van der Waals surface area (Å²) >= 11 is 0. The normalized spacial score (nSPS) is 9.64. The van der Waals surface area contributed by atoms with Gasteiger partial charge in [-0.25, -0.2) is 14.2 Å². The van der Waals surface area contributed by atoms with Crippen LogP contribution in [-0.2, 0) is 18.7 Å². The first-order valence-corrected chi connectivity index (χ1v) is 3.38. The third-order valence-corrected chi connectivity index (χ3v) is 0.780. The van der Waals surface area contributed by atoms with E-state index in [0.29, 0.717) is 0 Å². The van der Waals surface area contributed by atoms with Crippen LogP contribution in [0.25, 0.3) is 0 Å². The van der Waals surface area contributed by atoms with Gasteiger partial charge in [0.2, 0.25) is 0 Å². The molecule has 0 radical (unpaired) electrons. The van der Waals surface area contributed by atoms with Crippen LogP contribution in [-0.4, -0.2) is 26.8 Å². The Morgan fingerprint density at radius 2 is 1.64 bits per heavy atom. The monoisotopic (exact) mass is 187 g/mol. The molecule has 0 aliphatic rings. The van der Waals surface area contributed by atoms with E-state index in [4.69, 9.17) is 14.9 Å². The first kappa shape index (κ1) is 12.7. The largest absolute Gasteiger partial charge is 0.527 e. The van der Waals surface area contributed by atoms with Crippen molar-refractivity contribution < 1.29 is 33.6 Å². The Morgan fingerprint density at radius 1 is 1.27 bits per heavy atom. The average Bonchev–Trinajstić information content (AvgIpc) is 1.60. The Balaban J connectivity index is 0. The van der Waals surface area contributed by atoms with Gasteiger partial charge in [-0.2, -0.15) is 0 Å². The van der Waals surface area contributed by atoms with Gasteiger partial charge in [0.25, 0.3) is 0 Å². The van der Waals surface area contributed by atoms with Gasteiger partial charge in [-0.1, -0.05) is 0 Å². The first-order valence-electron chi connectivity index (χ1n) is 1.85. The Hall–Kier alpha value is -0.950. The Kier molecular flexibility index (Phi) is 4.66. The molecule has 0 aliphatic heterocycles. The Bertz CT molecular complexity index is 204. The lowest BCUT2D eigenvalue weighted by Crippen LogP contribution is -2.14. The van der Waals surface area contributed by atoms with E-state index in [9.17, 15) is 14.2 Å². The van der Waals surface area contributed by atoms with E-state index in [0.717, 1.165) is 0 Å². The van der Waals surface area contributed by atoms with E-state index in [2.05, 4.69) is 4.52 Å². The number of carboxylic acids is 1. The predicted molar refractivity (Wildman–Crippen MR) is 30.8 cm³/mol. The molecule has 0 bridgehead atoms. The Labute approximate surface area is 60.6 Å². The number of phosphoric acid groups is 1. The molecule has 0 aromatic heterocycles. The molecular weight excluding hydrogens is 181 g/mol. The summed E-state index contributed by atoms with van der Waals surface area (Å²) in [6.07, 6.45) is 0. The van der Waals surface area contributed by atoms with E-state index in [1.54, 1.807) is 0 Å². The molecule has 11 heavy (non-hydrogen) atoms. The number of carboxylic acid groups (broad SMARTS) is 1. The highest BCUT2D eigenvalue weighted by Crippen LogP contribution is 2.35. The molecule has 66 valence electrons. The lowest BCUT2D eigenvalue weighted by molar-refractivity contribution is -0.158. The number of carbonyl (C=O) groups excluding carboxylic acids is 1. The summed E-state index contributed by atoms with van der Waals surface area (Å²) < 4.78 is 12.9. The Morgan fingerprint density at radius 3 is 1.73 bits per heavy atom. The highest BCUT2D eigenvalue weighted by Gasteiger charge is 2.25. The van der Waals surface area contributed by atoms with Crippen molar-refractivity contribution >= 4 is 19.8 Å². The van der Waals surface area contributed by atoms with Gasteiger partial charge in [-0.05, 0) is 0 Å². The first-order chi connectivity index (χ1) is 4.33. The van der Waals surface area contributed by atoms with Gasteiger partial charge in [-0.3, -0.25) is 9.79 Å². The molecule has 9 heteroatoms. The molecule has 0 spiro atoms. The highest BCUT2D eigenvalue weighted by molar-refractivity contribution is 7.47. The fourth-order valence-electron chi connectivity index (χ4n) is 0.147. The summed E-state index contributed by atoms with van der Waals surface area (Å²) in [5.41, 5.74) is 0. The maximum atomic E-state index is 9.84. The smallest absolute Gasteiger partial charge is 0.473 e. The van der Waals surface area contributed by atoms with Crippen molar-refractivity contribution in [3.05, 3.63) is 0 Å². The van der Waals surface area contributed by atoms with Crippen molar-refractivity contribution in [1.29, 1.82) is 0 Å². The lowest BCUT2D eigenvalue weighted by atomic mass is 10.7. The molecule has 0 aromatic carbocycles. The van der Waals surface area contributed by atoms with Gasteiger partial charge in [0.05, 0.1) is 0 Å². The molecule has 0 amide bonds. The van der Waals surface area contributed by atoms with Crippen molar-refractivity contribution in [3.63, 3.8) is 0 Å². The van der Waals surface area contributed by atoms with Crippen LogP contribution in [0.1, 0.15) is 0 Å². The van der Waals surface area contributed by atoms with E-state index >= 15 is 0 Å². The number of phosphoric ester groups is 1. The molecule has 0 saturated heterocycles. The van der Waals surface area contributed by atoms with Crippen molar-refractivity contribution in [2.24, 2.45) is 0 Å². The summed E-state index contributed by atoms with van der Waals surface area (Å²) in [6, 6.07) is 0. The topological polar surface area (TPSA) is 156 Å². The van der Waals surface area contributed by atoms with Crippen molar-refractivity contribution in [3.8, 4) is 0 Å². The van der Waals surface area contributed by atoms with E-state index in [1.165, 1.54) is 0 Å². The standard InChI is InChI=1S/C2H3O7P.H3N/c3-1(4)2(5)9-10(6,7)8;/h(H,3,4)(H2,6,7,8);1H3. The molecule has 0 unspecified atom stereocenters. The van der Waals surface area contributed by atoms with Gasteiger partial charge in [0.1, 0.15) is 0 Å². The van der Waals surface area contributed by atoms with Gasteiger partial charge in [0, 0.05) is 0 Å². The van der Waals surface area contributed by atoms with Crippen LogP contribution < -0.4 is 6.15 Å².